The number of hydrogen-bond acceptors (Lipinski definition) is 7. The zero-order chi connectivity index (χ0) is 15.0. The number of amides is 1. The molecule has 112 valence electrons. The Morgan fingerprint density at radius 2 is 2.35 bits per heavy atom. The van der Waals surface area contributed by atoms with Crippen molar-refractivity contribution in [2.24, 2.45) is 0 Å². The van der Waals surface area contributed by atoms with E-state index in [1.54, 1.807) is 23.1 Å². The number of rotatable bonds is 9. The van der Waals surface area contributed by atoms with Gasteiger partial charge in [-0.05, 0) is 14.1 Å². The molecule has 0 saturated heterocycles. The number of aromatic nitrogens is 1. The summed E-state index contributed by atoms with van der Waals surface area (Å²) in [6.07, 6.45) is 0. The van der Waals surface area contributed by atoms with Crippen molar-refractivity contribution in [1.82, 2.24) is 15.2 Å². The van der Waals surface area contributed by atoms with Crippen LogP contribution in [0.3, 0.4) is 0 Å². The third-order valence-electron chi connectivity index (χ3n) is 2.14. The van der Waals surface area contributed by atoms with Crippen LogP contribution in [-0.2, 0) is 17.1 Å². The molecule has 20 heavy (non-hydrogen) atoms. The van der Waals surface area contributed by atoms with Crippen molar-refractivity contribution < 1.29 is 9.72 Å². The van der Waals surface area contributed by atoms with Crippen LogP contribution in [0.4, 0.5) is 0 Å². The molecule has 1 heterocycles. The number of nitrogens with zero attached hydrogens (tertiary/aromatic N) is 3. The fourth-order valence-electron chi connectivity index (χ4n) is 1.37. The second-order valence-corrected chi connectivity index (χ2v) is 6.41. The van der Waals surface area contributed by atoms with E-state index in [1.165, 1.54) is 0 Å². The van der Waals surface area contributed by atoms with E-state index in [4.69, 9.17) is 0 Å². The highest BCUT2D eigenvalue weighted by molar-refractivity contribution is 7.98. The first kappa shape index (κ1) is 16.9. The molecule has 0 spiro atoms. The second-order valence-electron chi connectivity index (χ2n) is 4.36. The lowest BCUT2D eigenvalue weighted by molar-refractivity contribution is -0.467. The highest BCUT2D eigenvalue weighted by atomic mass is 32.2. The standard InChI is InChI=1S/C11H18N4O3S2/c1-14(2)6-11-13-9(8-20-11)7-19-4-3-12-10(16)5-15(17)18/h8H,3-7H2,1-2H3,(H,12,16). The van der Waals surface area contributed by atoms with Crippen molar-refractivity contribution >= 4 is 29.0 Å². The van der Waals surface area contributed by atoms with Crippen LogP contribution < -0.4 is 5.32 Å². The Morgan fingerprint density at radius 3 is 3.00 bits per heavy atom. The van der Waals surface area contributed by atoms with E-state index in [1.807, 2.05) is 19.5 Å². The molecule has 1 aromatic heterocycles. The lowest BCUT2D eigenvalue weighted by Gasteiger charge is -2.05. The predicted molar refractivity (Wildman–Crippen MR) is 80.5 cm³/mol. The van der Waals surface area contributed by atoms with Crippen LogP contribution >= 0.6 is 23.1 Å². The maximum Gasteiger partial charge on any atom is 0.291 e. The van der Waals surface area contributed by atoms with Crippen LogP contribution in [0, 0.1) is 10.1 Å². The smallest absolute Gasteiger partial charge is 0.291 e. The van der Waals surface area contributed by atoms with E-state index >= 15 is 0 Å². The van der Waals surface area contributed by atoms with Gasteiger partial charge in [-0.2, -0.15) is 11.8 Å². The molecule has 0 atom stereocenters. The minimum Gasteiger partial charge on any atom is -0.350 e. The van der Waals surface area contributed by atoms with E-state index in [-0.39, 0.29) is 0 Å². The second kappa shape index (κ2) is 8.88. The average Bonchev–Trinajstić information content (AvgIpc) is 2.74. The van der Waals surface area contributed by atoms with Gasteiger partial charge in [-0.15, -0.1) is 11.3 Å². The molecule has 0 fully saturated rings. The quantitative estimate of drug-likeness (QED) is 0.412. The Morgan fingerprint density at radius 1 is 1.60 bits per heavy atom. The zero-order valence-electron chi connectivity index (χ0n) is 11.5. The largest absolute Gasteiger partial charge is 0.350 e. The molecule has 1 N–H and O–H groups in total. The van der Waals surface area contributed by atoms with Gasteiger partial charge in [-0.25, -0.2) is 4.98 Å². The molecule has 0 aromatic carbocycles. The number of carbonyl (C=O) groups excluding carboxylic acids is 1. The number of nitro groups is 1. The Bertz CT molecular complexity index is 451. The van der Waals surface area contributed by atoms with Gasteiger partial charge in [0.2, 0.25) is 0 Å². The maximum absolute atomic E-state index is 11.0. The van der Waals surface area contributed by atoms with Crippen molar-refractivity contribution in [3.8, 4) is 0 Å². The number of nitrogens with one attached hydrogen (secondary N) is 1. The summed E-state index contributed by atoms with van der Waals surface area (Å²) >= 11 is 3.29. The molecule has 0 saturated carbocycles. The Kier molecular flexibility index (Phi) is 7.48. The van der Waals surface area contributed by atoms with Gasteiger partial charge in [-0.1, -0.05) is 0 Å². The van der Waals surface area contributed by atoms with Crippen LogP contribution in [0.25, 0.3) is 0 Å². The molecule has 0 aliphatic heterocycles. The van der Waals surface area contributed by atoms with Gasteiger partial charge in [0.15, 0.2) is 0 Å². The van der Waals surface area contributed by atoms with E-state index in [0.29, 0.717) is 12.3 Å². The summed E-state index contributed by atoms with van der Waals surface area (Å²) in [4.78, 5) is 27.0. The molecule has 7 nitrogen and oxygen atoms in total. The molecule has 1 aromatic rings. The van der Waals surface area contributed by atoms with E-state index in [9.17, 15) is 14.9 Å². The first-order valence-electron chi connectivity index (χ1n) is 6.01. The molecule has 1 amide bonds. The number of carbonyl (C=O) groups is 1. The summed E-state index contributed by atoms with van der Waals surface area (Å²) in [5.41, 5.74) is 1.04. The molecule has 1 rings (SSSR count). The number of thioether (sulfide) groups is 1. The Hall–Kier alpha value is -1.19. The molecule has 0 unspecified atom stereocenters. The summed E-state index contributed by atoms with van der Waals surface area (Å²) in [5, 5.41) is 15.7. The molecular formula is C11H18N4O3S2. The SMILES string of the molecule is CN(C)Cc1nc(CSCCNC(=O)C[N+](=O)[O-])cs1. The van der Waals surface area contributed by atoms with Gasteiger partial charge in [-0.3, -0.25) is 14.9 Å². The average molecular weight is 318 g/mol. The molecular weight excluding hydrogens is 300 g/mol. The predicted octanol–water partition coefficient (Wildman–Crippen LogP) is 0.831. The van der Waals surface area contributed by atoms with Crippen LogP contribution in [0.5, 0.6) is 0 Å². The fourth-order valence-corrected chi connectivity index (χ4v) is 3.13. The van der Waals surface area contributed by atoms with Crippen molar-refractivity contribution in [3.05, 3.63) is 26.2 Å². The molecule has 0 aliphatic rings. The van der Waals surface area contributed by atoms with Gasteiger partial charge in [0.25, 0.3) is 12.5 Å². The van der Waals surface area contributed by atoms with Crippen molar-refractivity contribution in [1.29, 1.82) is 0 Å². The van der Waals surface area contributed by atoms with Gasteiger partial charge >= 0.3 is 0 Å². The topological polar surface area (TPSA) is 88.4 Å². The van der Waals surface area contributed by atoms with E-state index < -0.39 is 17.4 Å². The lowest BCUT2D eigenvalue weighted by atomic mass is 10.5. The molecule has 9 heteroatoms. The van der Waals surface area contributed by atoms with Gasteiger partial charge in [0.1, 0.15) is 5.01 Å². The third-order valence-corrected chi connectivity index (χ3v) is 4.02. The number of thiazole rings is 1. The summed E-state index contributed by atoms with van der Waals surface area (Å²) in [6.45, 7) is 0.614. The fraction of sp³-hybridized carbons (Fsp3) is 0.636. The molecule has 0 radical (unpaired) electrons. The van der Waals surface area contributed by atoms with E-state index in [0.717, 1.165) is 23.0 Å². The maximum atomic E-state index is 11.0. The van der Waals surface area contributed by atoms with Crippen LogP contribution in [-0.4, -0.2) is 53.7 Å². The highest BCUT2D eigenvalue weighted by Gasteiger charge is 2.08. The van der Waals surface area contributed by atoms with Crippen molar-refractivity contribution in [2.45, 2.75) is 12.3 Å². The molecule has 0 aliphatic carbocycles. The van der Waals surface area contributed by atoms with Crippen LogP contribution in [0.15, 0.2) is 5.38 Å². The zero-order valence-corrected chi connectivity index (χ0v) is 13.1. The third kappa shape index (κ3) is 7.41. The van der Waals surface area contributed by atoms with Crippen LogP contribution in [0.2, 0.25) is 0 Å². The van der Waals surface area contributed by atoms with Crippen LogP contribution in [0.1, 0.15) is 10.7 Å². The van der Waals surface area contributed by atoms with Gasteiger partial charge in [0, 0.05) is 34.9 Å². The monoisotopic (exact) mass is 318 g/mol. The normalized spacial score (nSPS) is 10.8. The highest BCUT2D eigenvalue weighted by Crippen LogP contribution is 2.16. The number of hydrogen-bond donors (Lipinski definition) is 1. The first-order valence-corrected chi connectivity index (χ1v) is 8.05. The summed E-state index contributed by atoms with van der Waals surface area (Å²) in [7, 11) is 4.01. The first-order chi connectivity index (χ1) is 9.47. The summed E-state index contributed by atoms with van der Waals surface area (Å²) in [5.74, 6) is 0.955. The van der Waals surface area contributed by atoms with E-state index in [2.05, 4.69) is 15.2 Å². The lowest BCUT2D eigenvalue weighted by Crippen LogP contribution is -2.31. The summed E-state index contributed by atoms with van der Waals surface area (Å²) < 4.78 is 0. The molecule has 0 bridgehead atoms. The van der Waals surface area contributed by atoms with Gasteiger partial charge < -0.3 is 10.2 Å². The minimum absolute atomic E-state index is 0.437. The Labute approximate surface area is 125 Å². The van der Waals surface area contributed by atoms with Crippen molar-refractivity contribution in [3.63, 3.8) is 0 Å². The van der Waals surface area contributed by atoms with Gasteiger partial charge in [0.05, 0.1) is 5.69 Å². The Balaban J connectivity index is 2.13. The van der Waals surface area contributed by atoms with Crippen molar-refractivity contribution in [2.75, 3.05) is 32.9 Å². The summed E-state index contributed by atoms with van der Waals surface area (Å²) in [6, 6.07) is 0. The minimum atomic E-state index is -0.662.